The van der Waals surface area contributed by atoms with Crippen molar-refractivity contribution in [1.82, 2.24) is 9.88 Å². The van der Waals surface area contributed by atoms with E-state index in [4.69, 9.17) is 0 Å². The van der Waals surface area contributed by atoms with Crippen molar-refractivity contribution in [2.45, 2.75) is 36.6 Å². The lowest BCUT2D eigenvalue weighted by Crippen LogP contribution is -2.32. The van der Waals surface area contributed by atoms with Crippen LogP contribution in [0.25, 0.3) is 10.9 Å². The lowest BCUT2D eigenvalue weighted by Gasteiger charge is -2.24. The van der Waals surface area contributed by atoms with E-state index < -0.39 is 0 Å². The molecule has 1 N–H and O–H groups in total. The van der Waals surface area contributed by atoms with Crippen LogP contribution in [0.2, 0.25) is 0 Å². The number of thioether (sulfide) groups is 1. The third kappa shape index (κ3) is 3.81. The molecule has 0 saturated carbocycles. The maximum absolute atomic E-state index is 13.1. The first-order chi connectivity index (χ1) is 12.7. The third-order valence-electron chi connectivity index (χ3n) is 5.53. The van der Waals surface area contributed by atoms with Crippen molar-refractivity contribution < 1.29 is 4.39 Å². The Morgan fingerprint density at radius 2 is 2.04 bits per heavy atom. The first-order valence-corrected chi connectivity index (χ1v) is 10.6. The molecular formula is C22H25FN2S. The van der Waals surface area contributed by atoms with Crippen LogP contribution in [0, 0.1) is 5.82 Å². The average Bonchev–Trinajstić information content (AvgIpc) is 3.28. The normalized spacial score (nSPS) is 18.0. The minimum atomic E-state index is -0.156. The summed E-state index contributed by atoms with van der Waals surface area (Å²) in [6.45, 7) is 2.22. The zero-order valence-electron chi connectivity index (χ0n) is 15.2. The van der Waals surface area contributed by atoms with Gasteiger partial charge in [-0.2, -0.15) is 0 Å². The van der Waals surface area contributed by atoms with Gasteiger partial charge in [-0.3, -0.25) is 4.90 Å². The van der Waals surface area contributed by atoms with Gasteiger partial charge in [0.2, 0.25) is 0 Å². The van der Waals surface area contributed by atoms with Crippen LogP contribution in [0.4, 0.5) is 4.39 Å². The molecule has 1 aliphatic heterocycles. The first kappa shape index (κ1) is 17.6. The number of halogens is 1. The van der Waals surface area contributed by atoms with Crippen molar-refractivity contribution >= 4 is 22.7 Å². The summed E-state index contributed by atoms with van der Waals surface area (Å²) in [7, 11) is 0. The quantitative estimate of drug-likeness (QED) is 0.597. The molecule has 1 fully saturated rings. The van der Waals surface area contributed by atoms with E-state index in [1.165, 1.54) is 46.3 Å². The van der Waals surface area contributed by atoms with Crippen molar-refractivity contribution in [2.24, 2.45) is 0 Å². The summed E-state index contributed by atoms with van der Waals surface area (Å²) < 4.78 is 13.1. The highest BCUT2D eigenvalue weighted by Gasteiger charge is 2.25. The van der Waals surface area contributed by atoms with Gasteiger partial charge in [0.15, 0.2) is 0 Å². The first-order valence-electron chi connectivity index (χ1n) is 9.35. The molecule has 0 radical (unpaired) electrons. The predicted octanol–water partition coefficient (Wildman–Crippen LogP) is 5.28. The fourth-order valence-corrected chi connectivity index (χ4v) is 4.49. The van der Waals surface area contributed by atoms with E-state index in [2.05, 4.69) is 40.5 Å². The number of rotatable bonds is 6. The maximum atomic E-state index is 13.1. The number of aromatic nitrogens is 1. The molecule has 0 aliphatic carbocycles. The zero-order valence-corrected chi connectivity index (χ0v) is 16.0. The van der Waals surface area contributed by atoms with Crippen LogP contribution in [0.3, 0.4) is 0 Å². The standard InChI is InChI=1S/C22H25FN2S/c1-26-20-8-9-22-21(14-20)17(15-24-22)13-19-3-2-11-25(19)12-10-16-4-6-18(23)7-5-16/h4-9,14-15,19,24H,2-3,10-13H2,1H3/t19-/m1/s1. The lowest BCUT2D eigenvalue weighted by atomic mass is 10.0. The molecule has 4 rings (SSSR count). The molecule has 3 aromatic rings. The van der Waals surface area contributed by atoms with Gasteiger partial charge in [-0.05, 0) is 79.9 Å². The molecule has 1 atom stereocenters. The molecule has 0 unspecified atom stereocenters. The fraction of sp³-hybridized carbons (Fsp3) is 0.364. The molecule has 1 aromatic heterocycles. The summed E-state index contributed by atoms with van der Waals surface area (Å²) in [5.41, 5.74) is 3.87. The van der Waals surface area contributed by atoms with Crippen LogP contribution in [-0.2, 0) is 12.8 Å². The highest BCUT2D eigenvalue weighted by Crippen LogP contribution is 2.28. The Kier molecular flexibility index (Phi) is 5.32. The van der Waals surface area contributed by atoms with E-state index >= 15 is 0 Å². The number of likely N-dealkylation sites (tertiary alicyclic amines) is 1. The second kappa shape index (κ2) is 7.85. The van der Waals surface area contributed by atoms with Crippen LogP contribution in [0.15, 0.2) is 53.6 Å². The number of aromatic amines is 1. The van der Waals surface area contributed by atoms with E-state index in [0.29, 0.717) is 6.04 Å². The fourth-order valence-electron chi connectivity index (χ4n) is 4.05. The zero-order chi connectivity index (χ0) is 17.9. The second-order valence-corrected chi connectivity index (χ2v) is 8.02. The minimum Gasteiger partial charge on any atom is -0.361 e. The Labute approximate surface area is 158 Å². The second-order valence-electron chi connectivity index (χ2n) is 7.14. The van der Waals surface area contributed by atoms with Crippen molar-refractivity contribution in [2.75, 3.05) is 19.3 Å². The van der Waals surface area contributed by atoms with Crippen molar-refractivity contribution in [1.29, 1.82) is 0 Å². The molecule has 26 heavy (non-hydrogen) atoms. The van der Waals surface area contributed by atoms with Crippen molar-refractivity contribution in [3.05, 3.63) is 65.6 Å². The van der Waals surface area contributed by atoms with Gasteiger partial charge < -0.3 is 4.98 Å². The van der Waals surface area contributed by atoms with Crippen LogP contribution < -0.4 is 0 Å². The van der Waals surface area contributed by atoms with E-state index in [-0.39, 0.29) is 5.82 Å². The Morgan fingerprint density at radius 1 is 1.19 bits per heavy atom. The molecule has 0 amide bonds. The van der Waals surface area contributed by atoms with Crippen LogP contribution in [-0.4, -0.2) is 35.3 Å². The van der Waals surface area contributed by atoms with Gasteiger partial charge in [-0.1, -0.05) is 12.1 Å². The van der Waals surface area contributed by atoms with Crippen LogP contribution in [0.5, 0.6) is 0 Å². The number of hydrogen-bond donors (Lipinski definition) is 1. The molecule has 0 spiro atoms. The van der Waals surface area contributed by atoms with Crippen LogP contribution >= 0.6 is 11.8 Å². The molecule has 2 heterocycles. The molecule has 0 bridgehead atoms. The molecular weight excluding hydrogens is 343 g/mol. The van der Waals surface area contributed by atoms with E-state index in [1.807, 2.05) is 12.1 Å². The van der Waals surface area contributed by atoms with E-state index in [9.17, 15) is 4.39 Å². The van der Waals surface area contributed by atoms with E-state index in [1.54, 1.807) is 23.9 Å². The molecule has 2 aromatic carbocycles. The average molecular weight is 369 g/mol. The maximum Gasteiger partial charge on any atom is 0.123 e. The molecule has 136 valence electrons. The number of nitrogens with zero attached hydrogens (tertiary/aromatic N) is 1. The predicted molar refractivity (Wildman–Crippen MR) is 108 cm³/mol. The Hall–Kier alpha value is -1.78. The van der Waals surface area contributed by atoms with Gasteiger partial charge in [-0.15, -0.1) is 11.8 Å². The third-order valence-corrected chi connectivity index (χ3v) is 6.26. The Balaban J connectivity index is 1.44. The van der Waals surface area contributed by atoms with Gasteiger partial charge >= 0.3 is 0 Å². The number of hydrogen-bond acceptors (Lipinski definition) is 2. The topological polar surface area (TPSA) is 19.0 Å². The minimum absolute atomic E-state index is 0.156. The number of benzene rings is 2. The lowest BCUT2D eigenvalue weighted by molar-refractivity contribution is 0.256. The van der Waals surface area contributed by atoms with Gasteiger partial charge in [0.25, 0.3) is 0 Å². The Bertz CT molecular complexity index is 871. The van der Waals surface area contributed by atoms with Gasteiger partial charge in [0, 0.05) is 34.6 Å². The summed E-state index contributed by atoms with van der Waals surface area (Å²) >= 11 is 1.79. The summed E-state index contributed by atoms with van der Waals surface area (Å²) in [5.74, 6) is -0.156. The SMILES string of the molecule is CSc1ccc2[nH]cc(C[C@H]3CCCN3CCc3ccc(F)cc3)c2c1. The summed E-state index contributed by atoms with van der Waals surface area (Å²) in [4.78, 5) is 7.36. The Morgan fingerprint density at radius 3 is 2.85 bits per heavy atom. The molecule has 1 aliphatic rings. The number of fused-ring (bicyclic) bond motifs is 1. The van der Waals surface area contributed by atoms with Crippen molar-refractivity contribution in [3.63, 3.8) is 0 Å². The van der Waals surface area contributed by atoms with Crippen LogP contribution in [0.1, 0.15) is 24.0 Å². The van der Waals surface area contributed by atoms with E-state index in [0.717, 1.165) is 19.4 Å². The van der Waals surface area contributed by atoms with Gasteiger partial charge in [0.05, 0.1) is 0 Å². The monoisotopic (exact) mass is 368 g/mol. The van der Waals surface area contributed by atoms with Gasteiger partial charge in [0.1, 0.15) is 5.82 Å². The highest BCUT2D eigenvalue weighted by molar-refractivity contribution is 7.98. The molecule has 4 heteroatoms. The summed E-state index contributed by atoms with van der Waals surface area (Å²) in [6.07, 6.45) is 8.93. The van der Waals surface area contributed by atoms with Crippen molar-refractivity contribution in [3.8, 4) is 0 Å². The highest BCUT2D eigenvalue weighted by atomic mass is 32.2. The van der Waals surface area contributed by atoms with Gasteiger partial charge in [-0.25, -0.2) is 4.39 Å². The number of H-pyrrole nitrogens is 1. The molecule has 2 nitrogen and oxygen atoms in total. The summed E-state index contributed by atoms with van der Waals surface area (Å²) in [6, 6.07) is 14.2. The summed E-state index contributed by atoms with van der Waals surface area (Å²) in [5, 5.41) is 1.36. The smallest absolute Gasteiger partial charge is 0.123 e. The largest absolute Gasteiger partial charge is 0.361 e. The number of nitrogens with one attached hydrogen (secondary N) is 1. The molecule has 1 saturated heterocycles.